The van der Waals surface area contributed by atoms with Gasteiger partial charge in [-0.15, -0.1) is 0 Å². The minimum atomic E-state index is -1.74. The highest BCUT2D eigenvalue weighted by atomic mass is 79.9. The van der Waals surface area contributed by atoms with Crippen LogP contribution in [0, 0.1) is 5.92 Å². The van der Waals surface area contributed by atoms with E-state index in [1.54, 1.807) is 6.92 Å². The van der Waals surface area contributed by atoms with Gasteiger partial charge in [-0.1, -0.05) is 81.1 Å². The largest absolute Gasteiger partial charge is 0.466 e. The van der Waals surface area contributed by atoms with Crippen LogP contribution in [0.3, 0.4) is 0 Å². The molecule has 1 aromatic rings. The molecule has 2 unspecified atom stereocenters. The topological polar surface area (TPSA) is 26.3 Å². The molecular weight excluding hydrogens is 362 g/mol. The number of alkyl halides is 4. The number of ether oxygens (including phenoxy) is 1. The number of rotatable bonds is 4. The van der Waals surface area contributed by atoms with Crippen LogP contribution in [0.15, 0.2) is 30.3 Å². The predicted octanol–water partition coefficient (Wildman–Crippen LogP) is 4.67. The van der Waals surface area contributed by atoms with Gasteiger partial charge >= 0.3 is 5.97 Å². The molecule has 18 heavy (non-hydrogen) atoms. The Bertz CT molecular complexity index is 392. The van der Waals surface area contributed by atoms with Crippen molar-refractivity contribution in [2.75, 3.05) is 6.61 Å². The van der Waals surface area contributed by atoms with E-state index in [1.165, 1.54) is 0 Å². The Hall–Kier alpha value is 0.0400. The summed E-state index contributed by atoms with van der Waals surface area (Å²) in [6, 6.07) is 9.27. The first-order valence-electron chi connectivity index (χ1n) is 5.30. The van der Waals surface area contributed by atoms with Gasteiger partial charge in [0.05, 0.1) is 11.4 Å². The summed E-state index contributed by atoms with van der Waals surface area (Å²) >= 11 is 21.0. The Labute approximate surface area is 130 Å². The van der Waals surface area contributed by atoms with Gasteiger partial charge in [0.1, 0.15) is 5.92 Å². The molecule has 0 saturated heterocycles. The highest BCUT2D eigenvalue weighted by molar-refractivity contribution is 9.09. The number of carbonyl (C=O) groups excluding carboxylic acids is 1. The molecule has 0 spiro atoms. The number of carbonyl (C=O) groups is 1. The molecule has 6 heteroatoms. The molecule has 0 bridgehead atoms. The van der Waals surface area contributed by atoms with Crippen molar-refractivity contribution in [3.8, 4) is 0 Å². The molecule has 2 nitrogen and oxygen atoms in total. The summed E-state index contributed by atoms with van der Waals surface area (Å²) in [5, 5.41) is 0. The third kappa shape index (κ3) is 4.30. The van der Waals surface area contributed by atoms with Crippen molar-refractivity contribution in [3.05, 3.63) is 35.9 Å². The monoisotopic (exact) mass is 372 g/mol. The summed E-state index contributed by atoms with van der Waals surface area (Å²) in [6.45, 7) is 1.95. The average Bonchev–Trinajstić information content (AvgIpc) is 2.28. The molecule has 0 aliphatic carbocycles. The van der Waals surface area contributed by atoms with Crippen LogP contribution < -0.4 is 0 Å². The molecule has 0 radical (unpaired) electrons. The van der Waals surface area contributed by atoms with Gasteiger partial charge in [0.25, 0.3) is 0 Å². The molecule has 2 atom stereocenters. The van der Waals surface area contributed by atoms with Crippen LogP contribution in [0.25, 0.3) is 0 Å². The minimum absolute atomic E-state index is 0.241. The number of benzene rings is 1. The lowest BCUT2D eigenvalue weighted by molar-refractivity contribution is -0.147. The minimum Gasteiger partial charge on any atom is -0.466 e. The van der Waals surface area contributed by atoms with Crippen molar-refractivity contribution in [1.29, 1.82) is 0 Å². The van der Waals surface area contributed by atoms with E-state index < -0.39 is 20.5 Å². The third-order valence-electron chi connectivity index (χ3n) is 2.30. The Balaban J connectivity index is 3.01. The molecule has 0 aromatic heterocycles. The molecule has 0 amide bonds. The summed E-state index contributed by atoms with van der Waals surface area (Å²) < 4.78 is 3.21. The van der Waals surface area contributed by atoms with E-state index in [4.69, 9.17) is 39.5 Å². The molecule has 0 heterocycles. The first kappa shape index (κ1) is 16.1. The van der Waals surface area contributed by atoms with Gasteiger partial charge in [-0.05, 0) is 12.5 Å². The Morgan fingerprint density at radius 3 is 2.33 bits per heavy atom. The Kier molecular flexibility index (Phi) is 6.25. The van der Waals surface area contributed by atoms with E-state index in [9.17, 15) is 4.79 Å². The maximum Gasteiger partial charge on any atom is 0.314 e. The van der Waals surface area contributed by atoms with Gasteiger partial charge in [0, 0.05) is 0 Å². The predicted molar refractivity (Wildman–Crippen MR) is 78.5 cm³/mol. The summed E-state index contributed by atoms with van der Waals surface area (Å²) in [4.78, 5) is 11.5. The second kappa shape index (κ2) is 6.99. The summed E-state index contributed by atoms with van der Waals surface area (Å²) in [7, 11) is 0. The van der Waals surface area contributed by atoms with E-state index in [0.29, 0.717) is 0 Å². The molecule has 0 aliphatic heterocycles. The molecular formula is C12H12BrCl3O2. The third-order valence-corrected chi connectivity index (χ3v) is 4.07. The zero-order valence-electron chi connectivity index (χ0n) is 9.58. The number of hydrogen-bond acceptors (Lipinski definition) is 2. The van der Waals surface area contributed by atoms with E-state index in [-0.39, 0.29) is 6.61 Å². The first-order chi connectivity index (χ1) is 8.38. The van der Waals surface area contributed by atoms with Crippen molar-refractivity contribution in [2.24, 2.45) is 5.92 Å². The second-order valence-electron chi connectivity index (χ2n) is 3.58. The Morgan fingerprint density at radius 1 is 1.33 bits per heavy atom. The second-order valence-corrected chi connectivity index (χ2v) is 6.94. The normalized spacial score (nSPS) is 14.9. The summed E-state index contributed by atoms with van der Waals surface area (Å²) in [6.07, 6.45) is 0. The highest BCUT2D eigenvalue weighted by Gasteiger charge is 2.44. The van der Waals surface area contributed by atoms with E-state index >= 15 is 0 Å². The lowest BCUT2D eigenvalue weighted by Crippen LogP contribution is -2.33. The highest BCUT2D eigenvalue weighted by Crippen LogP contribution is 2.46. The lowest BCUT2D eigenvalue weighted by Gasteiger charge is -2.27. The van der Waals surface area contributed by atoms with Crippen LogP contribution in [0.2, 0.25) is 0 Å². The van der Waals surface area contributed by atoms with Crippen LogP contribution in [-0.4, -0.2) is 16.4 Å². The quantitative estimate of drug-likeness (QED) is 0.565. The molecule has 0 saturated carbocycles. The number of halogens is 4. The molecule has 1 rings (SSSR count). The van der Waals surface area contributed by atoms with Crippen LogP contribution in [0.5, 0.6) is 0 Å². The van der Waals surface area contributed by atoms with Crippen molar-refractivity contribution >= 4 is 56.7 Å². The van der Waals surface area contributed by atoms with Gasteiger partial charge in [-0.25, -0.2) is 0 Å². The molecule has 1 aromatic carbocycles. The summed E-state index contributed by atoms with van der Waals surface area (Å²) in [5.41, 5.74) is 0.849. The summed E-state index contributed by atoms with van der Waals surface area (Å²) in [5.74, 6) is -1.45. The fourth-order valence-corrected chi connectivity index (χ4v) is 3.50. The maximum absolute atomic E-state index is 11.9. The number of esters is 1. The molecule has 0 N–H and O–H groups in total. The SMILES string of the molecule is CCOC(=O)C(C(Br)c1ccccc1)C(Cl)(Cl)Cl. The van der Waals surface area contributed by atoms with Crippen molar-refractivity contribution < 1.29 is 9.53 Å². The fraction of sp³-hybridized carbons (Fsp3) is 0.417. The first-order valence-corrected chi connectivity index (χ1v) is 7.35. The number of hydrogen-bond donors (Lipinski definition) is 0. The maximum atomic E-state index is 11.9. The van der Waals surface area contributed by atoms with E-state index in [1.807, 2.05) is 30.3 Å². The fourth-order valence-electron chi connectivity index (χ4n) is 1.48. The lowest BCUT2D eigenvalue weighted by atomic mass is 10.0. The van der Waals surface area contributed by atoms with Crippen molar-refractivity contribution in [2.45, 2.75) is 15.5 Å². The van der Waals surface area contributed by atoms with Gasteiger partial charge in [-0.2, -0.15) is 0 Å². The Morgan fingerprint density at radius 2 is 1.89 bits per heavy atom. The molecule has 0 aliphatic rings. The zero-order valence-corrected chi connectivity index (χ0v) is 13.4. The van der Waals surface area contributed by atoms with Gasteiger partial charge < -0.3 is 4.74 Å². The smallest absolute Gasteiger partial charge is 0.314 e. The molecule has 100 valence electrons. The van der Waals surface area contributed by atoms with Crippen molar-refractivity contribution in [1.82, 2.24) is 0 Å². The average molecular weight is 374 g/mol. The van der Waals surface area contributed by atoms with Gasteiger partial charge in [0.15, 0.2) is 0 Å². The van der Waals surface area contributed by atoms with Gasteiger partial charge in [0.2, 0.25) is 3.79 Å². The van der Waals surface area contributed by atoms with Crippen LogP contribution in [-0.2, 0) is 9.53 Å². The molecule has 0 fully saturated rings. The van der Waals surface area contributed by atoms with Crippen molar-refractivity contribution in [3.63, 3.8) is 0 Å². The van der Waals surface area contributed by atoms with Crippen LogP contribution >= 0.6 is 50.7 Å². The zero-order chi connectivity index (χ0) is 13.8. The van der Waals surface area contributed by atoms with Crippen LogP contribution in [0.1, 0.15) is 17.3 Å². The van der Waals surface area contributed by atoms with Crippen LogP contribution in [0.4, 0.5) is 0 Å². The van der Waals surface area contributed by atoms with E-state index in [0.717, 1.165) is 5.56 Å². The van der Waals surface area contributed by atoms with Gasteiger partial charge in [-0.3, -0.25) is 4.79 Å². The standard InChI is InChI=1S/C12H12BrCl3O2/c1-2-18-11(17)9(12(14,15)16)10(13)8-6-4-3-5-7-8/h3-7,9-10H,2H2,1H3. The van der Waals surface area contributed by atoms with E-state index in [2.05, 4.69) is 15.9 Å².